The Labute approximate surface area is 171 Å². The number of amidine groups is 2. The molecule has 0 fully saturated rings. The van der Waals surface area contributed by atoms with Crippen LogP contribution in [0.2, 0.25) is 0 Å². The van der Waals surface area contributed by atoms with E-state index >= 15 is 0 Å². The summed E-state index contributed by atoms with van der Waals surface area (Å²) in [5, 5.41) is 15.3. The molecule has 4 rings (SSSR count). The average Bonchev–Trinajstić information content (AvgIpc) is 3.15. The number of hydrogen-bond acceptors (Lipinski definition) is 5. The quantitative estimate of drug-likeness (QED) is 0.742. The number of benzene rings is 2. The van der Waals surface area contributed by atoms with Gasteiger partial charge in [0.05, 0.1) is 5.57 Å². The average molecular weight is 408 g/mol. The van der Waals surface area contributed by atoms with E-state index in [2.05, 4.69) is 10.1 Å². The molecule has 6 nitrogen and oxygen atoms in total. The van der Waals surface area contributed by atoms with Crippen molar-refractivity contribution in [3.8, 4) is 5.75 Å². The number of carbonyl (C=O) groups excluding carboxylic acids is 1. The van der Waals surface area contributed by atoms with Crippen molar-refractivity contribution in [2.75, 3.05) is 0 Å². The Morgan fingerprint density at radius 3 is 2.59 bits per heavy atom. The van der Waals surface area contributed by atoms with Gasteiger partial charge >= 0.3 is 0 Å². The first-order valence-electron chi connectivity index (χ1n) is 9.00. The summed E-state index contributed by atoms with van der Waals surface area (Å²) in [4.78, 5) is 16.4. The lowest BCUT2D eigenvalue weighted by molar-refractivity contribution is -0.114. The minimum atomic E-state index is -0.446. The third-order valence-corrected chi connectivity index (χ3v) is 5.36. The van der Waals surface area contributed by atoms with Gasteiger partial charge in [0.1, 0.15) is 23.2 Å². The lowest BCUT2D eigenvalue weighted by Crippen LogP contribution is -2.35. The maximum absolute atomic E-state index is 12.9. The van der Waals surface area contributed by atoms with Gasteiger partial charge in [-0.05, 0) is 59.7 Å². The molecule has 29 heavy (non-hydrogen) atoms. The standard InChI is InChI=1S/C21H17FN4O2S/c1-2-18-25-26-19(23)17(20(27)24-21(26)29-18)11-13-5-9-16(10-6-13)28-12-14-3-7-15(22)8-4-14/h3-11,23H,2,12H2,1H3. The second-order valence-electron chi connectivity index (χ2n) is 6.35. The molecule has 2 aliphatic heterocycles. The Morgan fingerprint density at radius 2 is 1.90 bits per heavy atom. The van der Waals surface area contributed by atoms with Gasteiger partial charge in [0.15, 0.2) is 5.84 Å². The van der Waals surface area contributed by atoms with Gasteiger partial charge in [-0.25, -0.2) is 4.39 Å². The first kappa shape index (κ1) is 19.1. The van der Waals surface area contributed by atoms with Crippen molar-refractivity contribution in [1.29, 1.82) is 5.41 Å². The Hall–Kier alpha value is -3.26. The van der Waals surface area contributed by atoms with Crippen molar-refractivity contribution in [3.05, 3.63) is 71.0 Å². The highest BCUT2D eigenvalue weighted by molar-refractivity contribution is 8.26. The minimum Gasteiger partial charge on any atom is -0.489 e. The molecule has 2 aliphatic rings. The normalized spacial score (nSPS) is 17.3. The van der Waals surface area contributed by atoms with E-state index in [1.54, 1.807) is 42.5 Å². The van der Waals surface area contributed by atoms with Crippen LogP contribution in [-0.2, 0) is 11.4 Å². The number of rotatable bonds is 5. The molecule has 8 heteroatoms. The van der Waals surface area contributed by atoms with Crippen LogP contribution in [0.1, 0.15) is 24.5 Å². The van der Waals surface area contributed by atoms with Crippen LogP contribution < -0.4 is 4.74 Å². The molecule has 1 N–H and O–H groups in total. The molecule has 1 amide bonds. The van der Waals surface area contributed by atoms with Gasteiger partial charge in [-0.2, -0.15) is 15.1 Å². The third-order valence-electron chi connectivity index (χ3n) is 4.31. The minimum absolute atomic E-state index is 0.0209. The number of nitrogens with zero attached hydrogens (tertiary/aromatic N) is 3. The van der Waals surface area contributed by atoms with E-state index in [-0.39, 0.29) is 17.2 Å². The summed E-state index contributed by atoms with van der Waals surface area (Å²) >= 11 is 1.32. The smallest absolute Gasteiger partial charge is 0.283 e. The molecular weight excluding hydrogens is 391 g/mol. The summed E-state index contributed by atoms with van der Waals surface area (Å²) in [5.74, 6) is -0.0601. The van der Waals surface area contributed by atoms with E-state index in [4.69, 9.17) is 10.1 Å². The van der Waals surface area contributed by atoms with Crippen LogP contribution in [0, 0.1) is 11.2 Å². The molecule has 0 saturated heterocycles. The van der Waals surface area contributed by atoms with Crippen molar-refractivity contribution in [2.24, 2.45) is 10.1 Å². The lowest BCUT2D eigenvalue weighted by atomic mass is 10.1. The van der Waals surface area contributed by atoms with Crippen LogP contribution in [0.3, 0.4) is 0 Å². The Bertz CT molecular complexity index is 1060. The van der Waals surface area contributed by atoms with Crippen LogP contribution >= 0.6 is 11.8 Å². The molecule has 146 valence electrons. The largest absolute Gasteiger partial charge is 0.489 e. The highest BCUT2D eigenvalue weighted by atomic mass is 32.2. The molecular formula is C21H17FN4O2S. The van der Waals surface area contributed by atoms with E-state index in [0.29, 0.717) is 17.5 Å². The highest BCUT2D eigenvalue weighted by Crippen LogP contribution is 2.29. The number of amides is 1. The van der Waals surface area contributed by atoms with Gasteiger partial charge in [-0.1, -0.05) is 31.2 Å². The monoisotopic (exact) mass is 408 g/mol. The maximum atomic E-state index is 12.9. The molecule has 0 atom stereocenters. The lowest BCUT2D eigenvalue weighted by Gasteiger charge is -2.20. The highest BCUT2D eigenvalue weighted by Gasteiger charge is 2.34. The number of ether oxygens (including phenoxy) is 1. The fourth-order valence-corrected chi connectivity index (χ4v) is 3.57. The SMILES string of the molecule is CCC1=NN2C(=N)C(=Cc3ccc(OCc4ccc(F)cc4)cc3)C(=O)N=C2S1. The molecule has 0 spiro atoms. The number of aliphatic imine (C=N–C) groups is 1. The van der Waals surface area contributed by atoms with Crippen LogP contribution in [0.25, 0.3) is 6.08 Å². The number of fused-ring (bicyclic) bond motifs is 1. The van der Waals surface area contributed by atoms with E-state index in [1.807, 2.05) is 6.92 Å². The number of carbonyl (C=O) groups is 1. The Kier molecular flexibility index (Phi) is 5.26. The molecule has 0 saturated carbocycles. The second-order valence-corrected chi connectivity index (χ2v) is 7.39. The predicted molar refractivity (Wildman–Crippen MR) is 112 cm³/mol. The number of halogens is 1. The van der Waals surface area contributed by atoms with Gasteiger partial charge in [0.25, 0.3) is 5.91 Å². The fraction of sp³-hybridized carbons (Fsp3) is 0.143. The van der Waals surface area contributed by atoms with Crippen LogP contribution in [0.5, 0.6) is 5.75 Å². The van der Waals surface area contributed by atoms with E-state index < -0.39 is 5.91 Å². The predicted octanol–water partition coefficient (Wildman–Crippen LogP) is 4.43. The van der Waals surface area contributed by atoms with E-state index in [9.17, 15) is 9.18 Å². The molecule has 0 radical (unpaired) electrons. The van der Waals surface area contributed by atoms with Gasteiger partial charge in [0.2, 0.25) is 5.17 Å². The van der Waals surface area contributed by atoms with E-state index in [1.165, 1.54) is 28.9 Å². The molecule has 2 heterocycles. The summed E-state index contributed by atoms with van der Waals surface area (Å²) in [6.45, 7) is 2.29. The number of nitrogens with one attached hydrogen (secondary N) is 1. The first-order chi connectivity index (χ1) is 14.0. The number of hydrazone groups is 1. The van der Waals surface area contributed by atoms with E-state index in [0.717, 1.165) is 22.6 Å². The Morgan fingerprint density at radius 1 is 1.17 bits per heavy atom. The van der Waals surface area contributed by atoms with Gasteiger partial charge in [0, 0.05) is 0 Å². The van der Waals surface area contributed by atoms with Crippen molar-refractivity contribution >= 4 is 39.8 Å². The molecule has 0 unspecified atom stereocenters. The topological polar surface area (TPSA) is 78.1 Å². The van der Waals surface area contributed by atoms with Crippen molar-refractivity contribution in [2.45, 2.75) is 20.0 Å². The molecule has 2 aromatic carbocycles. The van der Waals surface area contributed by atoms with Crippen molar-refractivity contribution < 1.29 is 13.9 Å². The summed E-state index contributed by atoms with van der Waals surface area (Å²) in [7, 11) is 0. The molecule has 0 bridgehead atoms. The van der Waals surface area contributed by atoms with Crippen molar-refractivity contribution in [1.82, 2.24) is 5.01 Å². The summed E-state index contributed by atoms with van der Waals surface area (Å²) in [5.41, 5.74) is 1.80. The zero-order valence-electron chi connectivity index (χ0n) is 15.6. The first-order valence-corrected chi connectivity index (χ1v) is 9.81. The van der Waals surface area contributed by atoms with Gasteiger partial charge in [-0.15, -0.1) is 0 Å². The second kappa shape index (κ2) is 8.00. The fourth-order valence-electron chi connectivity index (χ4n) is 2.75. The maximum Gasteiger partial charge on any atom is 0.283 e. The summed E-state index contributed by atoms with van der Waals surface area (Å²) in [6.07, 6.45) is 2.35. The zero-order valence-corrected chi connectivity index (χ0v) is 16.4. The number of thioether (sulfide) groups is 1. The number of hydrogen-bond donors (Lipinski definition) is 1. The summed E-state index contributed by atoms with van der Waals surface area (Å²) in [6, 6.07) is 13.3. The van der Waals surface area contributed by atoms with Crippen LogP contribution in [0.4, 0.5) is 4.39 Å². The zero-order chi connectivity index (χ0) is 20.4. The van der Waals surface area contributed by atoms with Gasteiger partial charge < -0.3 is 4.74 Å². The van der Waals surface area contributed by atoms with Crippen molar-refractivity contribution in [3.63, 3.8) is 0 Å². The molecule has 0 aromatic heterocycles. The van der Waals surface area contributed by atoms with Crippen LogP contribution in [-0.4, -0.2) is 27.0 Å². The Balaban J connectivity index is 1.47. The molecule has 0 aliphatic carbocycles. The van der Waals surface area contributed by atoms with Crippen LogP contribution in [0.15, 0.2) is 64.2 Å². The van der Waals surface area contributed by atoms with Gasteiger partial charge in [-0.3, -0.25) is 10.2 Å². The third kappa shape index (κ3) is 4.12. The summed E-state index contributed by atoms with van der Waals surface area (Å²) < 4.78 is 18.6. The molecule has 2 aromatic rings.